The van der Waals surface area contributed by atoms with Gasteiger partial charge in [-0.3, -0.25) is 4.79 Å². The minimum atomic E-state index is -0.490. The summed E-state index contributed by atoms with van der Waals surface area (Å²) in [5.41, 5.74) is 5.95. The van der Waals surface area contributed by atoms with Crippen molar-refractivity contribution < 1.29 is 9.18 Å². The van der Waals surface area contributed by atoms with E-state index < -0.39 is 5.82 Å². The number of halogens is 1. The van der Waals surface area contributed by atoms with Crippen molar-refractivity contribution in [2.75, 3.05) is 23.9 Å². The largest absolute Gasteiger partial charge is 0.324 e. The van der Waals surface area contributed by atoms with E-state index in [0.29, 0.717) is 17.7 Å². The highest BCUT2D eigenvalue weighted by Crippen LogP contribution is 2.15. The monoisotopic (exact) mass is 266 g/mol. The average Bonchev–Trinajstić information content (AvgIpc) is 2.36. The summed E-state index contributed by atoms with van der Waals surface area (Å²) < 4.78 is 13.6. The zero-order valence-corrected chi connectivity index (χ0v) is 10.9. The van der Waals surface area contributed by atoms with Crippen LogP contribution >= 0.6 is 11.8 Å². The number of rotatable bonds is 4. The third-order valence-corrected chi connectivity index (χ3v) is 2.72. The summed E-state index contributed by atoms with van der Waals surface area (Å²) in [5.74, 6) is 5.41. The van der Waals surface area contributed by atoms with Gasteiger partial charge in [-0.1, -0.05) is 11.8 Å². The van der Waals surface area contributed by atoms with Crippen LogP contribution in [0.2, 0.25) is 0 Å². The summed E-state index contributed by atoms with van der Waals surface area (Å²) in [5, 5.41) is 2.53. The molecule has 0 bridgehead atoms. The van der Waals surface area contributed by atoms with Crippen molar-refractivity contribution in [1.29, 1.82) is 0 Å². The number of carbonyl (C=O) groups is 1. The molecule has 0 atom stereocenters. The summed E-state index contributed by atoms with van der Waals surface area (Å²) in [6, 6.07) is 4.44. The van der Waals surface area contributed by atoms with E-state index >= 15 is 0 Å². The molecule has 0 unspecified atom stereocenters. The highest BCUT2D eigenvalue weighted by atomic mass is 32.2. The van der Waals surface area contributed by atoms with Gasteiger partial charge in [0.25, 0.3) is 0 Å². The Labute approximate surface area is 110 Å². The van der Waals surface area contributed by atoms with E-state index in [1.807, 2.05) is 6.26 Å². The van der Waals surface area contributed by atoms with Crippen LogP contribution in [0.1, 0.15) is 12.0 Å². The predicted molar refractivity (Wildman–Crippen MR) is 74.0 cm³/mol. The summed E-state index contributed by atoms with van der Waals surface area (Å²) in [6.45, 7) is 0.231. The van der Waals surface area contributed by atoms with Crippen LogP contribution in [0.4, 0.5) is 10.1 Å². The molecule has 0 heterocycles. The van der Waals surface area contributed by atoms with Gasteiger partial charge >= 0.3 is 0 Å². The number of nitrogens with two attached hydrogens (primary N) is 1. The van der Waals surface area contributed by atoms with Gasteiger partial charge in [0.1, 0.15) is 5.82 Å². The van der Waals surface area contributed by atoms with E-state index in [0.717, 1.165) is 0 Å². The smallest absolute Gasteiger partial charge is 0.225 e. The minimum absolute atomic E-state index is 0.180. The van der Waals surface area contributed by atoms with Gasteiger partial charge < -0.3 is 11.1 Å². The molecule has 0 aromatic heterocycles. The highest BCUT2D eigenvalue weighted by Gasteiger charge is 2.06. The Bertz CT molecular complexity index is 480. The van der Waals surface area contributed by atoms with Crippen molar-refractivity contribution in [3.8, 4) is 11.8 Å². The van der Waals surface area contributed by atoms with Crippen LogP contribution in [-0.2, 0) is 4.79 Å². The molecule has 0 fully saturated rings. The number of hydrogen-bond donors (Lipinski definition) is 2. The SMILES string of the molecule is CSCCC(=O)Nc1ccc(C#CCN)cc1F. The topological polar surface area (TPSA) is 55.1 Å². The molecule has 1 amide bonds. The number of hydrogen-bond acceptors (Lipinski definition) is 3. The Kier molecular flexibility index (Phi) is 6.26. The highest BCUT2D eigenvalue weighted by molar-refractivity contribution is 7.98. The first kappa shape index (κ1) is 14.6. The molecule has 3 N–H and O–H groups in total. The molecule has 0 saturated heterocycles. The molecule has 0 spiro atoms. The summed E-state index contributed by atoms with van der Waals surface area (Å²) in [7, 11) is 0. The molecule has 1 rings (SSSR count). The van der Waals surface area contributed by atoms with Crippen LogP contribution in [0, 0.1) is 17.7 Å². The lowest BCUT2D eigenvalue weighted by Gasteiger charge is -2.06. The van der Waals surface area contributed by atoms with Gasteiger partial charge in [-0.15, -0.1) is 0 Å². The molecule has 96 valence electrons. The fourth-order valence-electron chi connectivity index (χ4n) is 1.25. The lowest BCUT2D eigenvalue weighted by molar-refractivity contribution is -0.115. The quantitative estimate of drug-likeness (QED) is 0.817. The number of amides is 1. The second kappa shape index (κ2) is 7.75. The molecule has 18 heavy (non-hydrogen) atoms. The third kappa shape index (κ3) is 4.78. The predicted octanol–water partition coefficient (Wildman–Crippen LogP) is 1.83. The van der Waals surface area contributed by atoms with E-state index in [9.17, 15) is 9.18 Å². The fourth-order valence-corrected chi connectivity index (χ4v) is 1.64. The van der Waals surface area contributed by atoms with Gasteiger partial charge in [0, 0.05) is 17.7 Å². The van der Waals surface area contributed by atoms with Gasteiger partial charge in [0.05, 0.1) is 12.2 Å². The number of carbonyl (C=O) groups excluding carboxylic acids is 1. The molecule has 5 heteroatoms. The summed E-state index contributed by atoms with van der Waals surface area (Å²) in [6.07, 6.45) is 2.29. The Morgan fingerprint density at radius 2 is 2.33 bits per heavy atom. The molecule has 0 saturated carbocycles. The normalized spacial score (nSPS) is 9.50. The van der Waals surface area contributed by atoms with Crippen molar-refractivity contribution in [2.45, 2.75) is 6.42 Å². The fraction of sp³-hybridized carbons (Fsp3) is 0.308. The van der Waals surface area contributed by atoms with Crippen LogP contribution in [0.15, 0.2) is 18.2 Å². The molecule has 0 aliphatic heterocycles. The maximum atomic E-state index is 13.6. The third-order valence-electron chi connectivity index (χ3n) is 2.11. The van der Waals surface area contributed by atoms with Gasteiger partial charge in [0.2, 0.25) is 5.91 Å². The van der Waals surface area contributed by atoms with Gasteiger partial charge in [0.15, 0.2) is 0 Å². The van der Waals surface area contributed by atoms with E-state index in [-0.39, 0.29) is 18.1 Å². The molecule has 0 aliphatic rings. The Morgan fingerprint density at radius 3 is 2.94 bits per heavy atom. The molecular weight excluding hydrogens is 251 g/mol. The minimum Gasteiger partial charge on any atom is -0.324 e. The Morgan fingerprint density at radius 1 is 1.56 bits per heavy atom. The second-order valence-corrected chi connectivity index (χ2v) is 4.48. The van der Waals surface area contributed by atoms with Crippen molar-refractivity contribution in [2.24, 2.45) is 5.73 Å². The van der Waals surface area contributed by atoms with Crippen LogP contribution in [0.3, 0.4) is 0 Å². The van der Waals surface area contributed by atoms with Crippen LogP contribution < -0.4 is 11.1 Å². The molecular formula is C13H15FN2OS. The zero-order chi connectivity index (χ0) is 13.4. The van der Waals surface area contributed by atoms with Crippen LogP contribution in [-0.4, -0.2) is 24.5 Å². The maximum Gasteiger partial charge on any atom is 0.225 e. The number of anilines is 1. The first-order chi connectivity index (χ1) is 8.67. The maximum absolute atomic E-state index is 13.6. The van der Waals surface area contributed by atoms with E-state index in [1.165, 1.54) is 12.1 Å². The lowest BCUT2D eigenvalue weighted by atomic mass is 10.2. The van der Waals surface area contributed by atoms with Crippen LogP contribution in [0.5, 0.6) is 0 Å². The molecule has 0 radical (unpaired) electrons. The van der Waals surface area contributed by atoms with E-state index in [1.54, 1.807) is 17.8 Å². The number of benzene rings is 1. The lowest BCUT2D eigenvalue weighted by Crippen LogP contribution is -2.13. The zero-order valence-electron chi connectivity index (χ0n) is 10.1. The van der Waals surface area contributed by atoms with Gasteiger partial charge in [-0.2, -0.15) is 11.8 Å². The first-order valence-electron chi connectivity index (χ1n) is 5.44. The van der Waals surface area contributed by atoms with Gasteiger partial charge in [-0.05, 0) is 24.5 Å². The molecule has 1 aromatic carbocycles. The van der Waals surface area contributed by atoms with Crippen molar-refractivity contribution in [3.05, 3.63) is 29.6 Å². The van der Waals surface area contributed by atoms with Crippen molar-refractivity contribution >= 4 is 23.4 Å². The Balaban J connectivity index is 2.70. The standard InChI is InChI=1S/C13H15FN2OS/c1-18-8-6-13(17)16-12-5-4-10(3-2-7-15)9-11(12)14/h4-5,9H,6-8,15H2,1H3,(H,16,17). The van der Waals surface area contributed by atoms with Crippen molar-refractivity contribution in [3.63, 3.8) is 0 Å². The van der Waals surface area contributed by atoms with E-state index in [2.05, 4.69) is 17.2 Å². The summed E-state index contributed by atoms with van der Waals surface area (Å²) in [4.78, 5) is 11.4. The first-order valence-corrected chi connectivity index (χ1v) is 6.84. The number of nitrogens with one attached hydrogen (secondary N) is 1. The molecule has 3 nitrogen and oxygen atoms in total. The molecule has 0 aliphatic carbocycles. The van der Waals surface area contributed by atoms with Crippen molar-refractivity contribution in [1.82, 2.24) is 0 Å². The number of thioether (sulfide) groups is 1. The van der Waals surface area contributed by atoms with E-state index in [4.69, 9.17) is 5.73 Å². The average molecular weight is 266 g/mol. The second-order valence-electron chi connectivity index (χ2n) is 3.49. The van der Waals surface area contributed by atoms with Gasteiger partial charge in [-0.25, -0.2) is 4.39 Å². The Hall–Kier alpha value is -1.51. The molecule has 1 aromatic rings. The summed E-state index contributed by atoms with van der Waals surface area (Å²) >= 11 is 1.57. The van der Waals surface area contributed by atoms with Crippen LogP contribution in [0.25, 0.3) is 0 Å².